The lowest BCUT2D eigenvalue weighted by atomic mass is 10.2. The molecule has 3 nitrogen and oxygen atoms in total. The second-order valence-corrected chi connectivity index (χ2v) is 3.72. The van der Waals surface area contributed by atoms with E-state index >= 15 is 0 Å². The molecule has 0 aliphatic carbocycles. The van der Waals surface area contributed by atoms with Gasteiger partial charge in [0.1, 0.15) is 5.15 Å². The summed E-state index contributed by atoms with van der Waals surface area (Å²) < 4.78 is 0.870. The van der Waals surface area contributed by atoms with Crippen LogP contribution in [0, 0.1) is 0 Å². The average molecular weight is 259 g/mol. The first-order chi connectivity index (χ1) is 6.18. The van der Waals surface area contributed by atoms with Gasteiger partial charge in [0.05, 0.1) is 10.9 Å². The van der Waals surface area contributed by atoms with E-state index in [9.17, 15) is 0 Å². The van der Waals surface area contributed by atoms with Gasteiger partial charge in [-0.3, -0.25) is 0 Å². The number of benzene rings is 1. The van der Waals surface area contributed by atoms with Gasteiger partial charge in [0.15, 0.2) is 0 Å². The molecule has 0 saturated heterocycles. The summed E-state index contributed by atoms with van der Waals surface area (Å²) in [6.45, 7) is 0. The lowest BCUT2D eigenvalue weighted by Crippen LogP contribution is -1.95. The Labute approximate surface area is 88.1 Å². The molecule has 1 aromatic carbocycles. The van der Waals surface area contributed by atoms with Crippen LogP contribution in [0.4, 0.5) is 5.95 Å². The average Bonchev–Trinajstić information content (AvgIpc) is 2.02. The molecule has 1 aromatic heterocycles. The lowest BCUT2D eigenvalue weighted by molar-refractivity contribution is 1.24. The third-order valence-corrected chi connectivity index (χ3v) is 2.58. The fourth-order valence-corrected chi connectivity index (χ4v) is 2.06. The summed E-state index contributed by atoms with van der Waals surface area (Å²) in [6.07, 6.45) is 0. The number of nitrogen functional groups attached to an aromatic ring is 1. The van der Waals surface area contributed by atoms with E-state index < -0.39 is 0 Å². The molecule has 0 radical (unpaired) electrons. The SMILES string of the molecule is Nc1nc(Cl)c2c(Br)cccc2n1. The number of hydrogen-bond acceptors (Lipinski definition) is 3. The first kappa shape index (κ1) is 8.72. The zero-order valence-corrected chi connectivity index (χ0v) is 8.80. The van der Waals surface area contributed by atoms with E-state index in [2.05, 4.69) is 25.9 Å². The van der Waals surface area contributed by atoms with Gasteiger partial charge in [-0.2, -0.15) is 0 Å². The predicted molar refractivity (Wildman–Crippen MR) is 56.7 cm³/mol. The summed E-state index contributed by atoms with van der Waals surface area (Å²) in [5.41, 5.74) is 6.20. The fraction of sp³-hybridized carbons (Fsp3) is 0. The van der Waals surface area contributed by atoms with Crippen LogP contribution in [-0.4, -0.2) is 9.97 Å². The van der Waals surface area contributed by atoms with Crippen LogP contribution in [0.15, 0.2) is 22.7 Å². The summed E-state index contributed by atoms with van der Waals surface area (Å²) in [6, 6.07) is 5.59. The topological polar surface area (TPSA) is 51.8 Å². The molecule has 5 heteroatoms. The van der Waals surface area contributed by atoms with Crippen LogP contribution in [-0.2, 0) is 0 Å². The Morgan fingerprint density at radius 3 is 2.85 bits per heavy atom. The molecular formula is C8H5BrClN3. The summed E-state index contributed by atoms with van der Waals surface area (Å²) in [7, 11) is 0. The zero-order chi connectivity index (χ0) is 9.42. The monoisotopic (exact) mass is 257 g/mol. The molecule has 66 valence electrons. The van der Waals surface area contributed by atoms with Crippen LogP contribution >= 0.6 is 27.5 Å². The predicted octanol–water partition coefficient (Wildman–Crippen LogP) is 2.63. The Bertz CT molecular complexity index is 472. The highest BCUT2D eigenvalue weighted by atomic mass is 79.9. The van der Waals surface area contributed by atoms with Gasteiger partial charge in [0.25, 0.3) is 0 Å². The van der Waals surface area contributed by atoms with E-state index in [1.54, 1.807) is 0 Å². The molecule has 0 unspecified atom stereocenters. The van der Waals surface area contributed by atoms with Gasteiger partial charge in [-0.15, -0.1) is 0 Å². The first-order valence-electron chi connectivity index (χ1n) is 3.56. The molecule has 0 fully saturated rings. The molecule has 0 spiro atoms. The number of nitrogens with two attached hydrogens (primary N) is 1. The van der Waals surface area contributed by atoms with E-state index in [4.69, 9.17) is 17.3 Å². The lowest BCUT2D eigenvalue weighted by Gasteiger charge is -2.01. The Morgan fingerprint density at radius 1 is 1.31 bits per heavy atom. The quantitative estimate of drug-likeness (QED) is 0.739. The fourth-order valence-electron chi connectivity index (χ4n) is 1.12. The van der Waals surface area contributed by atoms with E-state index in [-0.39, 0.29) is 5.95 Å². The van der Waals surface area contributed by atoms with Crippen LogP contribution in [0.25, 0.3) is 10.9 Å². The minimum Gasteiger partial charge on any atom is -0.368 e. The maximum absolute atomic E-state index is 5.91. The number of hydrogen-bond donors (Lipinski definition) is 1. The summed E-state index contributed by atoms with van der Waals surface area (Å²) in [5.74, 6) is 0.190. The third kappa shape index (κ3) is 1.47. The van der Waals surface area contributed by atoms with Crippen LogP contribution in [0.3, 0.4) is 0 Å². The first-order valence-corrected chi connectivity index (χ1v) is 4.73. The Hall–Kier alpha value is -0.870. The number of nitrogens with zero attached hydrogens (tertiary/aromatic N) is 2. The van der Waals surface area contributed by atoms with Crippen LogP contribution in [0.2, 0.25) is 5.15 Å². The minimum absolute atomic E-state index is 0.190. The van der Waals surface area contributed by atoms with Gasteiger partial charge in [-0.05, 0) is 28.1 Å². The Balaban J connectivity index is 2.94. The Kier molecular flexibility index (Phi) is 2.09. The molecule has 2 N–H and O–H groups in total. The summed E-state index contributed by atoms with van der Waals surface area (Å²) in [4.78, 5) is 7.91. The maximum Gasteiger partial charge on any atom is 0.222 e. The maximum atomic E-state index is 5.91. The third-order valence-electron chi connectivity index (χ3n) is 1.65. The molecular weight excluding hydrogens is 253 g/mol. The number of anilines is 1. The van der Waals surface area contributed by atoms with Gasteiger partial charge in [-0.1, -0.05) is 17.7 Å². The number of rotatable bonds is 0. The molecule has 2 aromatic rings. The molecule has 13 heavy (non-hydrogen) atoms. The smallest absolute Gasteiger partial charge is 0.222 e. The Morgan fingerprint density at radius 2 is 2.08 bits per heavy atom. The molecule has 2 rings (SSSR count). The zero-order valence-electron chi connectivity index (χ0n) is 6.46. The number of fused-ring (bicyclic) bond motifs is 1. The van der Waals surface area contributed by atoms with Gasteiger partial charge in [-0.25, -0.2) is 9.97 Å². The molecule has 0 saturated carbocycles. The van der Waals surface area contributed by atoms with Crippen molar-refractivity contribution < 1.29 is 0 Å². The molecule has 0 atom stereocenters. The van der Waals surface area contributed by atoms with Crippen molar-refractivity contribution in [3.63, 3.8) is 0 Å². The van der Waals surface area contributed by atoms with E-state index in [0.717, 1.165) is 15.4 Å². The van der Waals surface area contributed by atoms with E-state index in [1.807, 2.05) is 18.2 Å². The summed E-state index contributed by atoms with van der Waals surface area (Å²) in [5, 5.41) is 1.16. The van der Waals surface area contributed by atoms with Crippen molar-refractivity contribution in [3.8, 4) is 0 Å². The molecule has 0 aliphatic heterocycles. The van der Waals surface area contributed by atoms with Gasteiger partial charge >= 0.3 is 0 Å². The minimum atomic E-state index is 0.190. The largest absolute Gasteiger partial charge is 0.368 e. The molecule has 0 aliphatic rings. The highest BCUT2D eigenvalue weighted by molar-refractivity contribution is 9.10. The van der Waals surface area contributed by atoms with Crippen molar-refractivity contribution in [2.24, 2.45) is 0 Å². The van der Waals surface area contributed by atoms with Crippen LogP contribution in [0.1, 0.15) is 0 Å². The van der Waals surface area contributed by atoms with Crippen LogP contribution in [0.5, 0.6) is 0 Å². The van der Waals surface area contributed by atoms with Crippen molar-refractivity contribution in [1.29, 1.82) is 0 Å². The van der Waals surface area contributed by atoms with Crippen LogP contribution < -0.4 is 5.73 Å². The molecule has 0 bridgehead atoms. The van der Waals surface area contributed by atoms with Crippen molar-refractivity contribution in [1.82, 2.24) is 9.97 Å². The van der Waals surface area contributed by atoms with E-state index in [1.165, 1.54) is 0 Å². The normalized spacial score (nSPS) is 10.6. The number of halogens is 2. The standard InChI is InChI=1S/C8H5BrClN3/c9-4-2-1-3-5-6(4)7(10)13-8(11)12-5/h1-3H,(H2,11,12,13). The molecule has 0 amide bonds. The van der Waals surface area contributed by atoms with Crippen molar-refractivity contribution in [3.05, 3.63) is 27.8 Å². The van der Waals surface area contributed by atoms with Gasteiger partial charge in [0, 0.05) is 4.47 Å². The van der Waals surface area contributed by atoms with Gasteiger partial charge < -0.3 is 5.73 Å². The summed E-state index contributed by atoms with van der Waals surface area (Å²) >= 11 is 9.27. The highest BCUT2D eigenvalue weighted by Gasteiger charge is 2.06. The van der Waals surface area contributed by atoms with Crippen molar-refractivity contribution >= 4 is 44.4 Å². The van der Waals surface area contributed by atoms with Crippen molar-refractivity contribution in [2.75, 3.05) is 5.73 Å². The van der Waals surface area contributed by atoms with Gasteiger partial charge in [0.2, 0.25) is 5.95 Å². The van der Waals surface area contributed by atoms with Crippen molar-refractivity contribution in [2.45, 2.75) is 0 Å². The highest BCUT2D eigenvalue weighted by Crippen LogP contribution is 2.28. The molecule has 1 heterocycles. The second kappa shape index (κ2) is 3.12. The van der Waals surface area contributed by atoms with E-state index in [0.29, 0.717) is 5.15 Å². The number of aromatic nitrogens is 2. The second-order valence-electron chi connectivity index (χ2n) is 2.51.